The number of hydrogen-bond acceptors (Lipinski definition) is 3. The Balaban J connectivity index is 1.41. The quantitative estimate of drug-likeness (QED) is 0.887. The van der Waals surface area contributed by atoms with E-state index in [1.807, 2.05) is 36.9 Å². The van der Waals surface area contributed by atoms with Gasteiger partial charge >= 0.3 is 0 Å². The molecule has 0 saturated carbocycles. The van der Waals surface area contributed by atoms with E-state index in [2.05, 4.69) is 17.3 Å². The minimum Gasteiger partial charge on any atom is -0.350 e. The summed E-state index contributed by atoms with van der Waals surface area (Å²) in [5, 5.41) is 7.63. The van der Waals surface area contributed by atoms with E-state index in [1.165, 1.54) is 29.7 Å². The first-order chi connectivity index (χ1) is 13.4. The molecule has 28 heavy (non-hydrogen) atoms. The largest absolute Gasteiger partial charge is 0.350 e. The Hall–Kier alpha value is -2.63. The van der Waals surface area contributed by atoms with E-state index in [1.54, 1.807) is 4.90 Å². The van der Waals surface area contributed by atoms with Crippen LogP contribution in [0.4, 0.5) is 5.69 Å². The molecule has 2 heterocycles. The summed E-state index contributed by atoms with van der Waals surface area (Å²) >= 11 is 0. The molecule has 148 valence electrons. The molecule has 1 N–H and O–H groups in total. The molecule has 0 spiro atoms. The zero-order valence-electron chi connectivity index (χ0n) is 16.9. The van der Waals surface area contributed by atoms with Crippen LogP contribution >= 0.6 is 0 Å². The maximum atomic E-state index is 12.7. The average Bonchev–Trinajstić information content (AvgIpc) is 3.23. The average molecular weight is 380 g/mol. The number of fused-ring (bicyclic) bond motifs is 1. The first-order valence-electron chi connectivity index (χ1n) is 10.1. The molecule has 2 aromatic rings. The van der Waals surface area contributed by atoms with Crippen LogP contribution in [-0.4, -0.2) is 28.1 Å². The van der Waals surface area contributed by atoms with Crippen molar-refractivity contribution in [3.8, 4) is 0 Å². The third-order valence-corrected chi connectivity index (χ3v) is 6.18. The number of hydrogen-bond donors (Lipinski definition) is 1. The molecule has 4 rings (SSSR count). The van der Waals surface area contributed by atoms with Gasteiger partial charge in [-0.2, -0.15) is 5.10 Å². The molecular weight excluding hydrogens is 352 g/mol. The second-order valence-corrected chi connectivity index (χ2v) is 8.09. The van der Waals surface area contributed by atoms with Crippen LogP contribution in [0.3, 0.4) is 0 Å². The molecular formula is C22H28N4O2. The van der Waals surface area contributed by atoms with Gasteiger partial charge in [-0.05, 0) is 68.4 Å². The van der Waals surface area contributed by atoms with Gasteiger partial charge in [-0.1, -0.05) is 6.07 Å². The Morgan fingerprint density at radius 3 is 2.79 bits per heavy atom. The highest BCUT2D eigenvalue weighted by Gasteiger charge is 2.35. The second kappa shape index (κ2) is 7.41. The maximum Gasteiger partial charge on any atom is 0.227 e. The van der Waals surface area contributed by atoms with Gasteiger partial charge in [0.25, 0.3) is 0 Å². The molecule has 1 aromatic heterocycles. The molecule has 1 atom stereocenters. The van der Waals surface area contributed by atoms with Crippen LogP contribution in [0.25, 0.3) is 0 Å². The smallest absolute Gasteiger partial charge is 0.227 e. The summed E-state index contributed by atoms with van der Waals surface area (Å²) < 4.78 is 1.95. The van der Waals surface area contributed by atoms with E-state index in [4.69, 9.17) is 0 Å². The number of nitrogens with one attached hydrogen (secondary N) is 1. The monoisotopic (exact) mass is 380 g/mol. The van der Waals surface area contributed by atoms with Crippen molar-refractivity contribution in [1.82, 2.24) is 15.1 Å². The lowest BCUT2D eigenvalue weighted by atomic mass is 9.95. The van der Waals surface area contributed by atoms with Crippen molar-refractivity contribution in [2.45, 2.75) is 52.5 Å². The Bertz CT molecular complexity index is 931. The molecule has 0 unspecified atom stereocenters. The van der Waals surface area contributed by atoms with Crippen LogP contribution in [0, 0.1) is 19.8 Å². The van der Waals surface area contributed by atoms with E-state index >= 15 is 0 Å². The number of anilines is 1. The zero-order chi connectivity index (χ0) is 19.8. The lowest BCUT2D eigenvalue weighted by Gasteiger charge is -2.18. The van der Waals surface area contributed by atoms with Crippen molar-refractivity contribution in [1.29, 1.82) is 0 Å². The maximum absolute atomic E-state index is 12.7. The van der Waals surface area contributed by atoms with E-state index in [0.29, 0.717) is 13.1 Å². The third-order valence-electron chi connectivity index (χ3n) is 6.18. The summed E-state index contributed by atoms with van der Waals surface area (Å²) in [7, 11) is 1.98. The number of benzene rings is 1. The van der Waals surface area contributed by atoms with Gasteiger partial charge in [-0.25, -0.2) is 0 Å². The van der Waals surface area contributed by atoms with Crippen molar-refractivity contribution in [2.75, 3.05) is 11.4 Å². The minimum absolute atomic E-state index is 0.0126. The molecule has 1 saturated heterocycles. The minimum atomic E-state index is -0.311. The Morgan fingerprint density at radius 2 is 2.00 bits per heavy atom. The van der Waals surface area contributed by atoms with Gasteiger partial charge in [0.05, 0.1) is 18.2 Å². The van der Waals surface area contributed by atoms with Crippen LogP contribution in [0.2, 0.25) is 0 Å². The molecule has 6 nitrogen and oxygen atoms in total. The van der Waals surface area contributed by atoms with Crippen molar-refractivity contribution in [3.63, 3.8) is 0 Å². The zero-order valence-corrected chi connectivity index (χ0v) is 16.9. The fourth-order valence-electron chi connectivity index (χ4n) is 4.34. The van der Waals surface area contributed by atoms with Crippen molar-refractivity contribution < 1.29 is 9.59 Å². The van der Waals surface area contributed by atoms with Gasteiger partial charge in [0.1, 0.15) is 0 Å². The molecule has 1 aromatic carbocycles. The van der Waals surface area contributed by atoms with Gasteiger partial charge in [0.15, 0.2) is 0 Å². The lowest BCUT2D eigenvalue weighted by Crippen LogP contribution is -2.33. The van der Waals surface area contributed by atoms with Crippen LogP contribution < -0.4 is 10.2 Å². The standard InChI is InChI=1S/C22H28N4O2/c1-14-8-9-17(10-15(14)2)26-13-16(11-21(26)27)22(28)23-12-19-18-6-4-5-7-20(18)25(3)24-19/h8-10,16H,4-7,11-13H2,1-3H3,(H,23,28)/t16-/m1/s1. The van der Waals surface area contributed by atoms with E-state index in [9.17, 15) is 9.59 Å². The predicted molar refractivity (Wildman–Crippen MR) is 108 cm³/mol. The van der Waals surface area contributed by atoms with Crippen LogP contribution in [0.1, 0.15) is 47.3 Å². The predicted octanol–water partition coefficient (Wildman–Crippen LogP) is 2.59. The Kier molecular flexibility index (Phi) is 4.96. The topological polar surface area (TPSA) is 67.2 Å². The fraction of sp³-hybridized carbons (Fsp3) is 0.500. The number of carbonyl (C=O) groups excluding carboxylic acids is 2. The van der Waals surface area contributed by atoms with Crippen LogP contribution in [0.5, 0.6) is 0 Å². The molecule has 2 aliphatic rings. The number of nitrogens with zero attached hydrogens (tertiary/aromatic N) is 3. The third kappa shape index (κ3) is 3.43. The van der Waals surface area contributed by atoms with Gasteiger partial charge in [0.2, 0.25) is 11.8 Å². The first kappa shape index (κ1) is 18.7. The van der Waals surface area contributed by atoms with Crippen LogP contribution in [-0.2, 0) is 36.0 Å². The first-order valence-corrected chi connectivity index (χ1v) is 10.1. The summed E-state index contributed by atoms with van der Waals surface area (Å²) in [5.74, 6) is -0.359. The van der Waals surface area contributed by atoms with Gasteiger partial charge in [-0.15, -0.1) is 0 Å². The molecule has 1 aliphatic carbocycles. The van der Waals surface area contributed by atoms with E-state index in [-0.39, 0.29) is 24.2 Å². The van der Waals surface area contributed by atoms with Gasteiger partial charge < -0.3 is 10.2 Å². The molecule has 2 amide bonds. The Labute approximate surface area is 165 Å². The highest BCUT2D eigenvalue weighted by atomic mass is 16.2. The van der Waals surface area contributed by atoms with Crippen molar-refractivity contribution >= 4 is 17.5 Å². The number of aryl methyl sites for hydroxylation is 3. The molecule has 1 fully saturated rings. The van der Waals surface area contributed by atoms with Gasteiger partial charge in [-0.3, -0.25) is 14.3 Å². The molecule has 0 radical (unpaired) electrons. The summed E-state index contributed by atoms with van der Waals surface area (Å²) in [4.78, 5) is 26.9. The second-order valence-electron chi connectivity index (χ2n) is 8.09. The number of rotatable bonds is 4. The fourth-order valence-corrected chi connectivity index (χ4v) is 4.34. The number of amides is 2. The molecule has 0 bridgehead atoms. The van der Waals surface area contributed by atoms with Crippen LogP contribution in [0.15, 0.2) is 18.2 Å². The highest BCUT2D eigenvalue weighted by molar-refractivity contribution is 6.00. The van der Waals surface area contributed by atoms with E-state index < -0.39 is 0 Å². The summed E-state index contributed by atoms with van der Waals surface area (Å²) in [6.45, 7) is 4.97. The summed E-state index contributed by atoms with van der Waals surface area (Å²) in [5.41, 5.74) is 6.80. The van der Waals surface area contributed by atoms with Crippen molar-refractivity contribution in [3.05, 3.63) is 46.3 Å². The normalized spacial score (nSPS) is 19.0. The highest BCUT2D eigenvalue weighted by Crippen LogP contribution is 2.27. The Morgan fingerprint density at radius 1 is 1.21 bits per heavy atom. The van der Waals surface area contributed by atoms with E-state index in [0.717, 1.165) is 29.8 Å². The van der Waals surface area contributed by atoms with Crippen molar-refractivity contribution in [2.24, 2.45) is 13.0 Å². The molecule has 1 aliphatic heterocycles. The SMILES string of the molecule is Cc1ccc(N2C[C@H](C(=O)NCc3nn(C)c4c3CCCC4)CC2=O)cc1C. The summed E-state index contributed by atoms with van der Waals surface area (Å²) in [6, 6.07) is 6.00. The molecule has 6 heteroatoms. The lowest BCUT2D eigenvalue weighted by molar-refractivity contribution is -0.126. The summed E-state index contributed by atoms with van der Waals surface area (Å²) in [6.07, 6.45) is 4.75. The van der Waals surface area contributed by atoms with Gasteiger partial charge in [0, 0.05) is 31.4 Å². The number of carbonyl (C=O) groups is 2. The number of aromatic nitrogens is 2.